The highest BCUT2D eigenvalue weighted by Gasteiger charge is 2.10. The molecule has 1 unspecified atom stereocenters. The van der Waals surface area contributed by atoms with Crippen LogP contribution in [0.5, 0.6) is 0 Å². The highest BCUT2D eigenvalue weighted by atomic mass is 31.2. The van der Waals surface area contributed by atoms with Gasteiger partial charge in [-0.05, 0) is 20.3 Å². The van der Waals surface area contributed by atoms with E-state index in [2.05, 4.69) is 14.4 Å². The Kier molecular flexibility index (Phi) is 7.58. The van der Waals surface area contributed by atoms with Crippen molar-refractivity contribution in [3.63, 3.8) is 0 Å². The number of phosphoric acid groups is 1. The van der Waals surface area contributed by atoms with E-state index in [0.717, 1.165) is 0 Å². The molecule has 96 valence electrons. The number of carbonyl (C=O) groups is 1. The highest BCUT2D eigenvalue weighted by molar-refractivity contribution is 7.45. The van der Waals surface area contributed by atoms with Crippen molar-refractivity contribution < 1.29 is 23.3 Å². The lowest BCUT2D eigenvalue weighted by Crippen LogP contribution is -2.24. The summed E-state index contributed by atoms with van der Waals surface area (Å²) in [6.07, 6.45) is 0.416. The van der Waals surface area contributed by atoms with E-state index in [4.69, 9.17) is 0 Å². The van der Waals surface area contributed by atoms with E-state index in [9.17, 15) is 14.3 Å². The first kappa shape index (κ1) is 15.6. The molecule has 7 heteroatoms. The molecule has 1 N–H and O–H groups in total. The topological polar surface area (TPSA) is 87.7 Å². The minimum absolute atomic E-state index is 0.0114. The molecule has 0 aliphatic rings. The Labute approximate surface area is 95.9 Å². The molecule has 1 atom stereocenters. The van der Waals surface area contributed by atoms with Gasteiger partial charge in [0.05, 0.1) is 12.7 Å². The van der Waals surface area contributed by atoms with Crippen molar-refractivity contribution >= 4 is 13.7 Å². The van der Waals surface area contributed by atoms with E-state index in [1.807, 2.05) is 0 Å². The number of phosphoric ester groups is 1. The Morgan fingerprint density at radius 2 is 2.12 bits per heavy atom. The van der Waals surface area contributed by atoms with Gasteiger partial charge in [-0.1, -0.05) is 6.92 Å². The van der Waals surface area contributed by atoms with Crippen molar-refractivity contribution in [1.82, 2.24) is 5.32 Å². The van der Waals surface area contributed by atoms with Crippen LogP contribution in [0.25, 0.3) is 0 Å². The van der Waals surface area contributed by atoms with Crippen molar-refractivity contribution in [1.29, 1.82) is 0 Å². The van der Waals surface area contributed by atoms with Crippen LogP contribution in [0.1, 0.15) is 33.6 Å². The summed E-state index contributed by atoms with van der Waals surface area (Å²) in [5, 5.41) is 2.61. The quantitative estimate of drug-likeness (QED) is 0.510. The molecule has 0 aliphatic carbocycles. The second-order valence-electron chi connectivity index (χ2n) is 3.49. The van der Waals surface area contributed by atoms with Crippen LogP contribution in [0.4, 0.5) is 0 Å². The van der Waals surface area contributed by atoms with E-state index in [1.54, 1.807) is 20.8 Å². The van der Waals surface area contributed by atoms with Crippen LogP contribution in [0.2, 0.25) is 0 Å². The first-order chi connectivity index (χ1) is 7.37. The van der Waals surface area contributed by atoms with E-state index < -0.39 is 13.9 Å². The Morgan fingerprint density at radius 3 is 2.62 bits per heavy atom. The predicted molar refractivity (Wildman–Crippen MR) is 57.7 cm³/mol. The molecule has 0 aromatic rings. The molecule has 1 amide bonds. The molecule has 0 spiro atoms. The second-order valence-corrected chi connectivity index (χ2v) is 4.86. The second kappa shape index (κ2) is 7.79. The Hall–Kier alpha value is -0.420. The lowest BCUT2D eigenvalue weighted by Gasteiger charge is -2.24. The lowest BCUT2D eigenvalue weighted by atomic mass is 10.4. The smallest absolute Gasteiger partial charge is 0.268 e. The van der Waals surface area contributed by atoms with Gasteiger partial charge in [0.1, 0.15) is 0 Å². The largest absolute Gasteiger partial charge is 0.756 e. The van der Waals surface area contributed by atoms with Crippen LogP contribution < -0.4 is 10.2 Å². The van der Waals surface area contributed by atoms with Crippen molar-refractivity contribution in [2.24, 2.45) is 0 Å². The van der Waals surface area contributed by atoms with Gasteiger partial charge in [0, 0.05) is 13.0 Å². The van der Waals surface area contributed by atoms with Crippen LogP contribution in [-0.2, 0) is 18.4 Å². The zero-order valence-electron chi connectivity index (χ0n) is 9.89. The average Bonchev–Trinajstić information content (AvgIpc) is 2.14. The molecule has 0 aliphatic heterocycles. The predicted octanol–water partition coefficient (Wildman–Crippen LogP) is 0.813. The maximum atomic E-state index is 11.1. The minimum atomic E-state index is -4.18. The third kappa shape index (κ3) is 8.85. The van der Waals surface area contributed by atoms with Gasteiger partial charge in [0.25, 0.3) is 7.82 Å². The number of carbonyl (C=O) groups excluding carboxylic acids is 1. The Balaban J connectivity index is 3.58. The van der Waals surface area contributed by atoms with Crippen LogP contribution in [0.3, 0.4) is 0 Å². The van der Waals surface area contributed by atoms with Gasteiger partial charge < -0.3 is 19.3 Å². The molecular formula is C9H19NO5P-. The summed E-state index contributed by atoms with van der Waals surface area (Å²) in [4.78, 5) is 21.9. The molecule has 0 saturated carbocycles. The van der Waals surface area contributed by atoms with Gasteiger partial charge in [0.15, 0.2) is 0 Å². The average molecular weight is 252 g/mol. The SMILES string of the molecule is CCC(=O)NCCCOP(=O)([O-])OC(C)C. The Bertz CT molecular complexity index is 256. The van der Waals surface area contributed by atoms with E-state index in [-0.39, 0.29) is 12.5 Å². The molecule has 16 heavy (non-hydrogen) atoms. The van der Waals surface area contributed by atoms with E-state index in [0.29, 0.717) is 19.4 Å². The molecule has 0 aromatic heterocycles. The zero-order chi connectivity index (χ0) is 12.6. The molecule has 6 nitrogen and oxygen atoms in total. The summed E-state index contributed by atoms with van der Waals surface area (Å²) in [7, 11) is -4.18. The van der Waals surface area contributed by atoms with E-state index >= 15 is 0 Å². The summed E-state index contributed by atoms with van der Waals surface area (Å²) < 4.78 is 20.2. The Morgan fingerprint density at radius 1 is 1.50 bits per heavy atom. The van der Waals surface area contributed by atoms with Gasteiger partial charge in [-0.25, -0.2) is 0 Å². The van der Waals surface area contributed by atoms with Crippen molar-refractivity contribution in [3.05, 3.63) is 0 Å². The molecular weight excluding hydrogens is 233 g/mol. The highest BCUT2D eigenvalue weighted by Crippen LogP contribution is 2.39. The monoisotopic (exact) mass is 252 g/mol. The molecule has 0 bridgehead atoms. The summed E-state index contributed by atoms with van der Waals surface area (Å²) >= 11 is 0. The number of amides is 1. The molecule has 0 aromatic carbocycles. The molecule has 0 radical (unpaired) electrons. The number of nitrogens with one attached hydrogen (secondary N) is 1. The van der Waals surface area contributed by atoms with Crippen molar-refractivity contribution in [3.8, 4) is 0 Å². The number of hydrogen-bond acceptors (Lipinski definition) is 5. The minimum Gasteiger partial charge on any atom is -0.756 e. The maximum absolute atomic E-state index is 11.1. The zero-order valence-corrected chi connectivity index (χ0v) is 10.8. The third-order valence-corrected chi connectivity index (χ3v) is 2.73. The molecule has 0 rings (SSSR count). The maximum Gasteiger partial charge on any atom is 0.268 e. The van der Waals surface area contributed by atoms with Gasteiger partial charge in [-0.3, -0.25) is 9.36 Å². The summed E-state index contributed by atoms with van der Waals surface area (Å²) in [6, 6.07) is 0. The van der Waals surface area contributed by atoms with Gasteiger partial charge in [-0.2, -0.15) is 0 Å². The normalized spacial score (nSPS) is 14.8. The molecule has 0 heterocycles. The lowest BCUT2D eigenvalue weighted by molar-refractivity contribution is -0.228. The van der Waals surface area contributed by atoms with E-state index in [1.165, 1.54) is 0 Å². The summed E-state index contributed by atoms with van der Waals surface area (Å²) in [5.41, 5.74) is 0. The fraction of sp³-hybridized carbons (Fsp3) is 0.889. The molecule has 0 fully saturated rings. The first-order valence-electron chi connectivity index (χ1n) is 5.28. The van der Waals surface area contributed by atoms with Crippen molar-refractivity contribution in [2.45, 2.75) is 39.7 Å². The van der Waals surface area contributed by atoms with Crippen LogP contribution in [0.15, 0.2) is 0 Å². The fourth-order valence-electron chi connectivity index (χ4n) is 0.890. The summed E-state index contributed by atoms with van der Waals surface area (Å²) in [5.74, 6) is -0.0660. The van der Waals surface area contributed by atoms with Crippen LogP contribution in [0, 0.1) is 0 Å². The van der Waals surface area contributed by atoms with Crippen LogP contribution >= 0.6 is 7.82 Å². The van der Waals surface area contributed by atoms with Crippen LogP contribution in [-0.4, -0.2) is 25.2 Å². The van der Waals surface area contributed by atoms with Gasteiger partial charge >= 0.3 is 0 Å². The number of hydrogen-bond donors (Lipinski definition) is 1. The standard InChI is InChI=1S/C9H20NO5P/c1-4-9(11)10-6-5-7-14-16(12,13)15-8(2)3/h8H,4-7H2,1-3H3,(H,10,11)(H,12,13)/p-1. The van der Waals surface area contributed by atoms with Gasteiger partial charge in [-0.15, -0.1) is 0 Å². The van der Waals surface area contributed by atoms with Crippen molar-refractivity contribution in [2.75, 3.05) is 13.2 Å². The van der Waals surface area contributed by atoms with Gasteiger partial charge in [0.2, 0.25) is 5.91 Å². The fourth-order valence-corrected chi connectivity index (χ4v) is 1.82. The summed E-state index contributed by atoms with van der Waals surface area (Å²) in [6.45, 7) is 5.37. The third-order valence-electron chi connectivity index (χ3n) is 1.55. The number of rotatable bonds is 8. The molecule has 0 saturated heterocycles. The first-order valence-corrected chi connectivity index (χ1v) is 6.74.